The molecule has 0 radical (unpaired) electrons. The van der Waals surface area contributed by atoms with E-state index in [-0.39, 0.29) is 5.91 Å². The minimum Gasteiger partial charge on any atom is -0.355 e. The van der Waals surface area contributed by atoms with Crippen molar-refractivity contribution in [2.24, 2.45) is 0 Å². The van der Waals surface area contributed by atoms with Crippen molar-refractivity contribution < 1.29 is 4.79 Å². The lowest BCUT2D eigenvalue weighted by atomic mass is 9.96. The van der Waals surface area contributed by atoms with E-state index in [1.54, 1.807) is 11.3 Å². The van der Waals surface area contributed by atoms with Crippen molar-refractivity contribution in [2.45, 2.75) is 12.5 Å². The van der Waals surface area contributed by atoms with Crippen LogP contribution in [-0.4, -0.2) is 55.0 Å². The van der Waals surface area contributed by atoms with Crippen molar-refractivity contribution >= 4 is 17.2 Å². The summed E-state index contributed by atoms with van der Waals surface area (Å²) in [6.07, 6.45) is 0.479. The molecule has 0 saturated carbocycles. The van der Waals surface area contributed by atoms with Gasteiger partial charge in [0.25, 0.3) is 0 Å². The Labute approximate surface area is 183 Å². The highest BCUT2D eigenvalue weighted by atomic mass is 32.1. The predicted molar refractivity (Wildman–Crippen MR) is 124 cm³/mol. The molecule has 1 aliphatic heterocycles. The number of piperazine rings is 1. The number of carbonyl (C=O) groups is 1. The fourth-order valence-electron chi connectivity index (χ4n) is 4.12. The van der Waals surface area contributed by atoms with Crippen LogP contribution in [0.5, 0.6) is 0 Å². The highest BCUT2D eigenvalue weighted by molar-refractivity contribution is 7.08. The highest BCUT2D eigenvalue weighted by Gasteiger charge is 2.26. The molecule has 0 unspecified atom stereocenters. The molecule has 1 aliphatic rings. The normalized spacial score (nSPS) is 15.4. The van der Waals surface area contributed by atoms with E-state index in [0.29, 0.717) is 19.0 Å². The van der Waals surface area contributed by atoms with Crippen molar-refractivity contribution in [1.82, 2.24) is 15.1 Å². The summed E-state index contributed by atoms with van der Waals surface area (Å²) in [5.41, 5.74) is 3.79. The maximum absolute atomic E-state index is 12.1. The van der Waals surface area contributed by atoms with Gasteiger partial charge < -0.3 is 5.32 Å². The topological polar surface area (TPSA) is 35.6 Å². The lowest BCUT2D eigenvalue weighted by Gasteiger charge is -2.39. The largest absolute Gasteiger partial charge is 0.355 e. The third-order valence-corrected chi connectivity index (χ3v) is 6.43. The summed E-state index contributed by atoms with van der Waals surface area (Å²) in [6, 6.07) is 23.9. The molecular formula is C25H29N3OS. The molecule has 2 aromatic carbocycles. The van der Waals surface area contributed by atoms with Gasteiger partial charge in [-0.25, -0.2) is 0 Å². The van der Waals surface area contributed by atoms with E-state index < -0.39 is 0 Å². The molecule has 5 heteroatoms. The minimum atomic E-state index is 0.111. The van der Waals surface area contributed by atoms with Crippen molar-refractivity contribution in [3.05, 3.63) is 94.2 Å². The monoisotopic (exact) mass is 419 g/mol. The van der Waals surface area contributed by atoms with Crippen LogP contribution in [0.15, 0.2) is 77.5 Å². The zero-order valence-corrected chi connectivity index (χ0v) is 18.1. The second kappa shape index (κ2) is 10.5. The van der Waals surface area contributed by atoms with E-state index in [1.165, 1.54) is 11.1 Å². The van der Waals surface area contributed by atoms with Gasteiger partial charge in [-0.2, -0.15) is 11.3 Å². The average Bonchev–Trinajstić information content (AvgIpc) is 3.29. The molecular weight excluding hydrogens is 390 g/mol. The fraction of sp³-hybridized carbons (Fsp3) is 0.320. The van der Waals surface area contributed by atoms with E-state index in [4.69, 9.17) is 0 Å². The molecule has 156 valence electrons. The summed E-state index contributed by atoms with van der Waals surface area (Å²) in [7, 11) is 0. The Hall–Kier alpha value is -2.47. The van der Waals surface area contributed by atoms with Crippen molar-refractivity contribution in [3.63, 3.8) is 0 Å². The van der Waals surface area contributed by atoms with Crippen LogP contribution in [0.4, 0.5) is 0 Å². The van der Waals surface area contributed by atoms with Gasteiger partial charge in [-0.1, -0.05) is 60.7 Å². The molecule has 2 heterocycles. The van der Waals surface area contributed by atoms with Gasteiger partial charge in [-0.05, 0) is 33.5 Å². The number of thiophene rings is 1. The number of hydrogen-bond acceptors (Lipinski definition) is 4. The summed E-state index contributed by atoms with van der Waals surface area (Å²) in [4.78, 5) is 17.1. The molecule has 30 heavy (non-hydrogen) atoms. The van der Waals surface area contributed by atoms with Crippen LogP contribution in [0.2, 0.25) is 0 Å². The number of nitrogens with zero attached hydrogens (tertiary/aromatic N) is 2. The smallest absolute Gasteiger partial charge is 0.224 e. The first-order valence-corrected chi connectivity index (χ1v) is 11.6. The number of nitrogens with one attached hydrogen (secondary N) is 1. The standard InChI is InChI=1S/C25H29N3OS/c29-24(19-21-11-18-30-20-21)26-12-13-27-14-16-28(17-15-27)25(22-7-3-1-4-8-22)23-9-5-2-6-10-23/h1-11,18,20,25H,12-17,19H2,(H,26,29). The molecule has 1 saturated heterocycles. The van der Waals surface area contributed by atoms with Crippen molar-refractivity contribution in [1.29, 1.82) is 0 Å². The number of carbonyl (C=O) groups excluding carboxylic acids is 1. The number of amides is 1. The second-order valence-electron chi connectivity index (χ2n) is 7.76. The van der Waals surface area contributed by atoms with Crippen LogP contribution < -0.4 is 5.32 Å². The molecule has 1 fully saturated rings. The zero-order valence-electron chi connectivity index (χ0n) is 17.2. The van der Waals surface area contributed by atoms with Crippen LogP contribution in [0.3, 0.4) is 0 Å². The van der Waals surface area contributed by atoms with Gasteiger partial charge in [-0.3, -0.25) is 14.6 Å². The van der Waals surface area contributed by atoms with Crippen molar-refractivity contribution in [2.75, 3.05) is 39.3 Å². The van der Waals surface area contributed by atoms with Crippen LogP contribution >= 0.6 is 11.3 Å². The lowest BCUT2D eigenvalue weighted by molar-refractivity contribution is -0.120. The zero-order chi connectivity index (χ0) is 20.6. The van der Waals surface area contributed by atoms with Gasteiger partial charge in [-0.15, -0.1) is 0 Å². The SMILES string of the molecule is O=C(Cc1ccsc1)NCCN1CCN(C(c2ccccc2)c2ccccc2)CC1. The first-order valence-electron chi connectivity index (χ1n) is 10.6. The second-order valence-corrected chi connectivity index (χ2v) is 8.54. The summed E-state index contributed by atoms with van der Waals surface area (Å²) >= 11 is 1.63. The summed E-state index contributed by atoms with van der Waals surface area (Å²) in [5, 5.41) is 7.11. The van der Waals surface area contributed by atoms with Gasteiger partial charge in [0.05, 0.1) is 12.5 Å². The van der Waals surface area contributed by atoms with Gasteiger partial charge in [0.2, 0.25) is 5.91 Å². The fourth-order valence-corrected chi connectivity index (χ4v) is 4.79. The average molecular weight is 420 g/mol. The van der Waals surface area contributed by atoms with E-state index in [9.17, 15) is 4.79 Å². The Morgan fingerprint density at radius 1 is 0.900 bits per heavy atom. The Bertz CT molecular complexity index is 851. The highest BCUT2D eigenvalue weighted by Crippen LogP contribution is 2.29. The molecule has 1 amide bonds. The lowest BCUT2D eigenvalue weighted by Crippen LogP contribution is -2.49. The van der Waals surface area contributed by atoms with Gasteiger partial charge in [0.15, 0.2) is 0 Å². The van der Waals surface area contributed by atoms with E-state index in [2.05, 4.69) is 75.8 Å². The molecule has 0 aliphatic carbocycles. The van der Waals surface area contributed by atoms with Crippen LogP contribution in [0.1, 0.15) is 22.7 Å². The van der Waals surface area contributed by atoms with E-state index in [1.807, 2.05) is 16.8 Å². The Balaban J connectivity index is 1.29. The third-order valence-electron chi connectivity index (χ3n) is 5.70. The van der Waals surface area contributed by atoms with Crippen LogP contribution in [0.25, 0.3) is 0 Å². The summed E-state index contributed by atoms with van der Waals surface area (Å²) < 4.78 is 0. The van der Waals surface area contributed by atoms with Gasteiger partial charge in [0, 0.05) is 39.3 Å². The molecule has 0 bridgehead atoms. The van der Waals surface area contributed by atoms with Crippen LogP contribution in [0, 0.1) is 0 Å². The Morgan fingerprint density at radius 2 is 1.53 bits per heavy atom. The molecule has 1 N–H and O–H groups in total. The molecule has 4 nitrogen and oxygen atoms in total. The van der Waals surface area contributed by atoms with Gasteiger partial charge in [0.1, 0.15) is 0 Å². The molecule has 1 aromatic heterocycles. The number of hydrogen-bond donors (Lipinski definition) is 1. The quantitative estimate of drug-likeness (QED) is 0.603. The Morgan fingerprint density at radius 3 is 2.10 bits per heavy atom. The first kappa shape index (κ1) is 20.8. The molecule has 3 aromatic rings. The molecule has 4 rings (SSSR count). The minimum absolute atomic E-state index is 0.111. The summed E-state index contributed by atoms with van der Waals surface area (Å²) in [6.45, 7) is 5.72. The van der Waals surface area contributed by atoms with E-state index >= 15 is 0 Å². The summed E-state index contributed by atoms with van der Waals surface area (Å²) in [5.74, 6) is 0.111. The first-order chi connectivity index (χ1) is 14.8. The van der Waals surface area contributed by atoms with Crippen LogP contribution in [-0.2, 0) is 11.2 Å². The van der Waals surface area contributed by atoms with Gasteiger partial charge >= 0.3 is 0 Å². The maximum atomic E-state index is 12.1. The number of benzene rings is 2. The van der Waals surface area contributed by atoms with Crippen molar-refractivity contribution in [3.8, 4) is 0 Å². The maximum Gasteiger partial charge on any atom is 0.224 e. The molecule has 0 atom stereocenters. The predicted octanol–water partition coefficient (Wildman–Crippen LogP) is 3.81. The van der Waals surface area contributed by atoms with E-state index in [0.717, 1.165) is 38.3 Å². The molecule has 0 spiro atoms. The Kier molecular flexibility index (Phi) is 7.29. The third kappa shape index (κ3) is 5.57. The number of rotatable bonds is 8.